The maximum atomic E-state index is 13.4. The zero-order valence-corrected chi connectivity index (χ0v) is 23.9. The van der Waals surface area contributed by atoms with Crippen LogP contribution < -0.4 is 4.90 Å². The summed E-state index contributed by atoms with van der Waals surface area (Å²) in [4.78, 5) is 3.01. The van der Waals surface area contributed by atoms with Gasteiger partial charge in [-0.1, -0.05) is 75.4 Å². The fourth-order valence-electron chi connectivity index (χ4n) is 5.66. The number of benzene rings is 2. The summed E-state index contributed by atoms with van der Waals surface area (Å²) in [6.45, 7) is 20.9. The molecule has 2 aromatic carbocycles. The van der Waals surface area contributed by atoms with Crippen LogP contribution in [-0.2, 0) is 16.3 Å². The molecule has 4 heteroatoms. The number of hydrogen-bond acceptors (Lipinski definition) is 3. The largest absolute Gasteiger partial charge is 0.347 e. The van der Waals surface area contributed by atoms with Crippen LogP contribution in [0.15, 0.2) is 58.5 Å². The van der Waals surface area contributed by atoms with Gasteiger partial charge in [0.1, 0.15) is 0 Å². The summed E-state index contributed by atoms with van der Waals surface area (Å²) in [5, 5.41) is 0. The van der Waals surface area contributed by atoms with Gasteiger partial charge in [0, 0.05) is 30.4 Å². The van der Waals surface area contributed by atoms with E-state index in [2.05, 4.69) is 52.3 Å². The van der Waals surface area contributed by atoms with Crippen LogP contribution in [0.1, 0.15) is 100 Å². The Morgan fingerprint density at radius 1 is 0.619 bits per heavy atom. The second-order valence-electron chi connectivity index (χ2n) is 10.2. The van der Waals surface area contributed by atoms with Gasteiger partial charge in [-0.05, 0) is 123 Å². The van der Waals surface area contributed by atoms with Gasteiger partial charge in [0.15, 0.2) is 0 Å². The van der Waals surface area contributed by atoms with Gasteiger partial charge in [-0.3, -0.25) is 0 Å². The molecule has 0 bridgehead atoms. The van der Waals surface area contributed by atoms with Gasteiger partial charge in [0.05, 0.1) is 9.80 Å². The summed E-state index contributed by atoms with van der Waals surface area (Å²) in [5.41, 5.74) is 14.8. The smallest absolute Gasteiger partial charge is 0.208 e. The second-order valence-corrected chi connectivity index (χ2v) is 12.1. The van der Waals surface area contributed by atoms with Crippen molar-refractivity contribution in [3.63, 3.8) is 0 Å². The SMILES string of the molecule is C.C.C.C.C.C.C=C1C(=CC=CC=CC=C2Cc3c(C)c(C)c(C)c(C)c3N2C)S(=O)(=O)c2c(C)c(C)c(C)c(C)c21. The predicted molar refractivity (Wildman–Crippen MR) is 194 cm³/mol. The van der Waals surface area contributed by atoms with Crippen LogP contribution in [0.2, 0.25) is 0 Å². The Labute approximate surface area is 261 Å². The zero-order valence-electron chi connectivity index (χ0n) is 23.1. The van der Waals surface area contributed by atoms with Gasteiger partial charge in [0.25, 0.3) is 0 Å². The van der Waals surface area contributed by atoms with Crippen molar-refractivity contribution < 1.29 is 8.42 Å². The molecule has 0 aromatic heterocycles. The van der Waals surface area contributed by atoms with E-state index in [9.17, 15) is 8.42 Å². The Morgan fingerprint density at radius 3 is 1.62 bits per heavy atom. The molecule has 0 N–H and O–H groups in total. The van der Waals surface area contributed by atoms with Crippen molar-refractivity contribution in [3.8, 4) is 0 Å². The Morgan fingerprint density at radius 2 is 1.07 bits per heavy atom. The summed E-state index contributed by atoms with van der Waals surface area (Å²) in [5.74, 6) is 0. The first-order valence-electron chi connectivity index (χ1n) is 12.4. The average molecular weight is 596 g/mol. The molecule has 0 spiro atoms. The number of fused-ring (bicyclic) bond motifs is 2. The number of anilines is 1. The first-order chi connectivity index (χ1) is 16.8. The van der Waals surface area contributed by atoms with Gasteiger partial charge >= 0.3 is 0 Å². The quantitative estimate of drug-likeness (QED) is 0.331. The first kappa shape index (κ1) is 43.3. The van der Waals surface area contributed by atoms with E-state index in [0.29, 0.717) is 15.4 Å². The van der Waals surface area contributed by atoms with Gasteiger partial charge in [-0.25, -0.2) is 8.42 Å². The Bertz CT molecular complexity index is 1560. The van der Waals surface area contributed by atoms with E-state index < -0.39 is 9.84 Å². The molecule has 3 nitrogen and oxygen atoms in total. The van der Waals surface area contributed by atoms with E-state index in [1.807, 2.05) is 45.9 Å². The highest BCUT2D eigenvalue weighted by Crippen LogP contribution is 2.47. The Hall–Kier alpha value is -3.11. The Balaban J connectivity index is -0.00000253. The minimum atomic E-state index is -3.58. The fraction of sp³-hybridized carbons (Fsp3) is 0.421. The molecule has 0 aliphatic carbocycles. The molecule has 4 rings (SSSR count). The van der Waals surface area contributed by atoms with Crippen molar-refractivity contribution in [2.75, 3.05) is 11.9 Å². The van der Waals surface area contributed by atoms with Crippen LogP contribution in [0, 0.1) is 55.4 Å². The highest BCUT2D eigenvalue weighted by Gasteiger charge is 2.38. The zero-order chi connectivity index (χ0) is 26.7. The van der Waals surface area contributed by atoms with Crippen molar-refractivity contribution in [2.45, 2.75) is 111 Å². The fourth-order valence-corrected chi connectivity index (χ4v) is 7.66. The molecule has 2 aliphatic rings. The highest BCUT2D eigenvalue weighted by molar-refractivity contribution is 7.96. The number of likely N-dealkylation sites (N-methyl/N-ethyl adjacent to an activating group) is 1. The third-order valence-corrected chi connectivity index (χ3v) is 10.6. The molecule has 236 valence electrons. The van der Waals surface area contributed by atoms with E-state index in [4.69, 9.17) is 0 Å². The lowest BCUT2D eigenvalue weighted by Crippen LogP contribution is -2.12. The first-order valence-corrected chi connectivity index (χ1v) is 13.9. The monoisotopic (exact) mass is 595 g/mol. The van der Waals surface area contributed by atoms with Gasteiger partial charge in [-0.15, -0.1) is 0 Å². The standard InChI is InChI=1S/C32H37NO2S.6CH4/c1-18-20(3)24(7)31-28(22(18)5)17-27(33(31)10)15-13-11-12-14-16-29-26(9)30-23(6)19(2)21(4)25(8)32(30)36(29,34)35;;;;;;/h11-16H,9,17H2,1-8,10H3;6*1H4. The molecule has 2 heterocycles. The van der Waals surface area contributed by atoms with E-state index in [0.717, 1.165) is 34.2 Å². The number of hydrogen-bond donors (Lipinski definition) is 0. The molecule has 0 saturated heterocycles. The minimum Gasteiger partial charge on any atom is -0.347 e. The molecule has 0 amide bonds. The average Bonchev–Trinajstić information content (AvgIpc) is 3.26. The highest BCUT2D eigenvalue weighted by atomic mass is 32.2. The summed E-state index contributed by atoms with van der Waals surface area (Å²) in [6.07, 6.45) is 12.4. The summed E-state index contributed by atoms with van der Waals surface area (Å²) >= 11 is 0. The number of sulfone groups is 1. The van der Waals surface area contributed by atoms with E-state index in [-0.39, 0.29) is 44.6 Å². The van der Waals surface area contributed by atoms with E-state index >= 15 is 0 Å². The van der Waals surface area contributed by atoms with Gasteiger partial charge in [-0.2, -0.15) is 0 Å². The summed E-state index contributed by atoms with van der Waals surface area (Å²) in [6, 6.07) is 0. The number of nitrogens with zero attached hydrogens (tertiary/aromatic N) is 1. The molecule has 0 fully saturated rings. The minimum absolute atomic E-state index is 0. The molecular weight excluding hydrogens is 534 g/mol. The van der Waals surface area contributed by atoms with Crippen molar-refractivity contribution in [3.05, 3.63) is 109 Å². The summed E-state index contributed by atoms with van der Waals surface area (Å²) < 4.78 is 26.8. The molecule has 0 radical (unpaired) electrons. The van der Waals surface area contributed by atoms with Crippen LogP contribution in [0.4, 0.5) is 5.69 Å². The molecule has 2 aromatic rings. The maximum Gasteiger partial charge on any atom is 0.208 e. The van der Waals surface area contributed by atoms with E-state index in [1.54, 1.807) is 12.2 Å². The molecule has 0 unspecified atom stereocenters. The van der Waals surface area contributed by atoms with Crippen LogP contribution >= 0.6 is 0 Å². The third kappa shape index (κ3) is 6.44. The van der Waals surface area contributed by atoms with Crippen molar-refractivity contribution in [2.24, 2.45) is 0 Å². The van der Waals surface area contributed by atoms with Gasteiger partial charge in [0.2, 0.25) is 9.84 Å². The van der Waals surface area contributed by atoms with Crippen LogP contribution in [-0.4, -0.2) is 15.5 Å². The van der Waals surface area contributed by atoms with Crippen molar-refractivity contribution >= 4 is 21.1 Å². The molecule has 42 heavy (non-hydrogen) atoms. The normalized spacial score (nSPS) is 16.2. The summed E-state index contributed by atoms with van der Waals surface area (Å²) in [7, 11) is -1.45. The third-order valence-electron chi connectivity index (χ3n) is 8.56. The molecule has 2 aliphatic heterocycles. The second kappa shape index (κ2) is 15.4. The lowest BCUT2D eigenvalue weighted by molar-refractivity contribution is 0.604. The number of rotatable bonds is 3. The number of allylic oxidation sites excluding steroid dienone is 8. The lowest BCUT2D eigenvalue weighted by atomic mass is 9.91. The molecule has 0 atom stereocenters. The molecule has 0 saturated carbocycles. The van der Waals surface area contributed by atoms with Crippen LogP contribution in [0.5, 0.6) is 0 Å². The van der Waals surface area contributed by atoms with Crippen LogP contribution in [0.25, 0.3) is 5.57 Å². The van der Waals surface area contributed by atoms with E-state index in [1.165, 1.54) is 39.2 Å². The Kier molecular flexibility index (Phi) is 15.9. The van der Waals surface area contributed by atoms with Crippen LogP contribution in [0.3, 0.4) is 0 Å². The predicted octanol–water partition coefficient (Wildman–Crippen LogP) is 11.3. The topological polar surface area (TPSA) is 37.4 Å². The van der Waals surface area contributed by atoms with Crippen molar-refractivity contribution in [1.29, 1.82) is 0 Å². The maximum absolute atomic E-state index is 13.4. The van der Waals surface area contributed by atoms with Gasteiger partial charge < -0.3 is 4.90 Å². The van der Waals surface area contributed by atoms with Crippen molar-refractivity contribution in [1.82, 2.24) is 0 Å². The molecular formula is C38H61NO2S. The lowest BCUT2D eigenvalue weighted by Gasteiger charge is -2.20.